The van der Waals surface area contributed by atoms with Crippen LogP contribution in [0.25, 0.3) is 0 Å². The van der Waals surface area contributed by atoms with Gasteiger partial charge in [0, 0.05) is 24.1 Å². The molecule has 176 valence electrons. The molecule has 0 radical (unpaired) electrons. The highest BCUT2D eigenvalue weighted by atomic mass is 32.2. The average molecular weight is 449 g/mol. The molecule has 0 aliphatic heterocycles. The first kappa shape index (κ1) is 29.1. The predicted molar refractivity (Wildman–Crippen MR) is 138 cm³/mol. The van der Waals surface area contributed by atoms with Gasteiger partial charge in [0.2, 0.25) is 5.91 Å². The van der Waals surface area contributed by atoms with E-state index in [1.54, 1.807) is 11.8 Å². The molecule has 0 rings (SSSR count). The lowest BCUT2D eigenvalue weighted by Crippen LogP contribution is -2.43. The maximum atomic E-state index is 11.3. The molecule has 0 aliphatic rings. The number of carbonyl (C=O) groups excluding carboxylic acids is 1. The van der Waals surface area contributed by atoms with Crippen molar-refractivity contribution < 1.29 is 9.90 Å². The molecule has 0 saturated heterocycles. The van der Waals surface area contributed by atoms with Crippen LogP contribution < -0.4 is 10.6 Å². The third-order valence-electron chi connectivity index (χ3n) is 4.93. The summed E-state index contributed by atoms with van der Waals surface area (Å²) in [6.07, 6.45) is 12.0. The highest BCUT2D eigenvalue weighted by Crippen LogP contribution is 2.15. The van der Waals surface area contributed by atoms with E-state index in [0.717, 1.165) is 37.9 Å². The molecule has 0 aromatic carbocycles. The Hall–Kier alpha value is -1.88. The number of hydrogen-bond donors (Lipinski definition) is 3. The first-order chi connectivity index (χ1) is 14.6. The fourth-order valence-electron chi connectivity index (χ4n) is 2.95. The van der Waals surface area contributed by atoms with Crippen molar-refractivity contribution in [3.63, 3.8) is 0 Å². The monoisotopic (exact) mass is 448 g/mol. The standard InChI is InChI=1S/C26H44N2O2S/c1-9-25(28-24(8)30)22(6)27-26(23(7)29)18-31-17-16-21(5)15-11-14-20(4)13-10-12-19(2)3/h12,14,16,25-27,29H,6-7,9-11,13,15,17-18H2,1-5,8H3,(H,28,30)/b20-14+,21-16+. The third-order valence-corrected chi connectivity index (χ3v) is 5.90. The van der Waals surface area contributed by atoms with Gasteiger partial charge in [-0.05, 0) is 59.8 Å². The van der Waals surface area contributed by atoms with Crippen LogP contribution >= 0.6 is 11.8 Å². The number of nitrogens with one attached hydrogen (secondary N) is 2. The van der Waals surface area contributed by atoms with Crippen molar-refractivity contribution >= 4 is 17.7 Å². The van der Waals surface area contributed by atoms with Gasteiger partial charge in [-0.2, -0.15) is 11.8 Å². The molecular formula is C26H44N2O2S. The van der Waals surface area contributed by atoms with E-state index in [1.165, 1.54) is 23.6 Å². The zero-order chi connectivity index (χ0) is 23.8. The molecule has 0 aromatic heterocycles. The summed E-state index contributed by atoms with van der Waals surface area (Å²) in [5, 5.41) is 16.0. The van der Waals surface area contributed by atoms with Crippen molar-refractivity contribution in [2.24, 2.45) is 0 Å². The summed E-state index contributed by atoms with van der Waals surface area (Å²) in [4.78, 5) is 11.3. The van der Waals surface area contributed by atoms with Gasteiger partial charge in [0.15, 0.2) is 0 Å². The molecule has 0 spiro atoms. The highest BCUT2D eigenvalue weighted by molar-refractivity contribution is 7.99. The predicted octanol–water partition coefficient (Wildman–Crippen LogP) is 6.60. The Labute approximate surface area is 195 Å². The molecule has 3 N–H and O–H groups in total. The summed E-state index contributed by atoms with van der Waals surface area (Å²) < 4.78 is 0. The molecule has 2 unspecified atom stereocenters. The van der Waals surface area contributed by atoms with E-state index in [2.05, 4.69) is 69.7 Å². The minimum atomic E-state index is -0.291. The summed E-state index contributed by atoms with van der Waals surface area (Å²) in [5.74, 6) is 1.55. The molecule has 4 nitrogen and oxygen atoms in total. The Morgan fingerprint density at radius 3 is 2.03 bits per heavy atom. The molecule has 0 aliphatic carbocycles. The number of aliphatic hydroxyl groups excluding tert-OH is 1. The molecule has 2 atom stereocenters. The van der Waals surface area contributed by atoms with Gasteiger partial charge in [-0.1, -0.05) is 55.0 Å². The summed E-state index contributed by atoms with van der Waals surface area (Å²) in [7, 11) is 0. The van der Waals surface area contributed by atoms with Crippen LogP contribution in [-0.2, 0) is 4.79 Å². The van der Waals surface area contributed by atoms with Crippen LogP contribution in [-0.4, -0.2) is 34.6 Å². The first-order valence-corrected chi connectivity index (χ1v) is 12.3. The molecule has 0 saturated carbocycles. The van der Waals surface area contributed by atoms with Crippen LogP contribution in [0.15, 0.2) is 59.6 Å². The normalized spacial score (nSPS) is 13.9. The zero-order valence-corrected chi connectivity index (χ0v) is 21.3. The van der Waals surface area contributed by atoms with Crippen molar-refractivity contribution in [1.82, 2.24) is 10.6 Å². The van der Waals surface area contributed by atoms with Gasteiger partial charge < -0.3 is 15.7 Å². The Morgan fingerprint density at radius 1 is 0.935 bits per heavy atom. The van der Waals surface area contributed by atoms with E-state index < -0.39 is 0 Å². The summed E-state index contributed by atoms with van der Waals surface area (Å²) in [6.45, 7) is 19.9. The van der Waals surface area contributed by atoms with Crippen molar-refractivity contribution in [2.45, 2.75) is 85.7 Å². The lowest BCUT2D eigenvalue weighted by atomic mass is 10.1. The van der Waals surface area contributed by atoms with E-state index in [9.17, 15) is 9.90 Å². The molecule has 31 heavy (non-hydrogen) atoms. The summed E-state index contributed by atoms with van der Waals surface area (Å²) in [5.41, 5.74) is 4.92. The summed E-state index contributed by atoms with van der Waals surface area (Å²) >= 11 is 1.74. The van der Waals surface area contributed by atoms with E-state index in [-0.39, 0.29) is 23.8 Å². The number of thioether (sulfide) groups is 1. The highest BCUT2D eigenvalue weighted by Gasteiger charge is 2.17. The van der Waals surface area contributed by atoms with Crippen LogP contribution in [0.5, 0.6) is 0 Å². The quantitative estimate of drug-likeness (QED) is 0.141. The summed E-state index contributed by atoms with van der Waals surface area (Å²) in [6, 6.07) is -0.453. The van der Waals surface area contributed by atoms with Gasteiger partial charge in [-0.15, -0.1) is 0 Å². The van der Waals surface area contributed by atoms with E-state index in [1.807, 2.05) is 6.92 Å². The second kappa shape index (κ2) is 16.8. The molecule has 5 heteroatoms. The maximum Gasteiger partial charge on any atom is 0.217 e. The van der Waals surface area contributed by atoms with Crippen molar-refractivity contribution in [3.05, 3.63) is 59.6 Å². The van der Waals surface area contributed by atoms with Crippen LogP contribution in [0.4, 0.5) is 0 Å². The fourth-order valence-corrected chi connectivity index (χ4v) is 4.00. The lowest BCUT2D eigenvalue weighted by Gasteiger charge is -2.25. The number of allylic oxidation sites excluding steroid dienone is 5. The van der Waals surface area contributed by atoms with Gasteiger partial charge in [0.05, 0.1) is 12.1 Å². The zero-order valence-electron chi connectivity index (χ0n) is 20.5. The number of aliphatic hydroxyl groups is 1. The lowest BCUT2D eigenvalue weighted by molar-refractivity contribution is -0.119. The number of hydrogen-bond acceptors (Lipinski definition) is 4. The molecule has 0 bridgehead atoms. The largest absolute Gasteiger partial charge is 0.511 e. The van der Waals surface area contributed by atoms with Crippen molar-refractivity contribution in [1.29, 1.82) is 0 Å². The molecule has 0 aromatic rings. The van der Waals surface area contributed by atoms with E-state index in [0.29, 0.717) is 11.4 Å². The second-order valence-electron chi connectivity index (χ2n) is 8.37. The Morgan fingerprint density at radius 2 is 1.52 bits per heavy atom. The minimum Gasteiger partial charge on any atom is -0.511 e. The number of carbonyl (C=O) groups is 1. The fraction of sp³-hybridized carbons (Fsp3) is 0.577. The van der Waals surface area contributed by atoms with Crippen LogP contribution in [0.2, 0.25) is 0 Å². The molecule has 0 fully saturated rings. The van der Waals surface area contributed by atoms with E-state index >= 15 is 0 Å². The van der Waals surface area contributed by atoms with Gasteiger partial charge in [-0.25, -0.2) is 0 Å². The van der Waals surface area contributed by atoms with E-state index in [4.69, 9.17) is 0 Å². The molecule has 0 heterocycles. The average Bonchev–Trinajstić information content (AvgIpc) is 2.67. The number of amides is 1. The van der Waals surface area contributed by atoms with Gasteiger partial charge >= 0.3 is 0 Å². The Kier molecular flexibility index (Phi) is 15.8. The third kappa shape index (κ3) is 15.6. The van der Waals surface area contributed by atoms with Crippen LogP contribution in [0, 0.1) is 0 Å². The maximum absolute atomic E-state index is 11.3. The topological polar surface area (TPSA) is 61.4 Å². The van der Waals surface area contributed by atoms with Gasteiger partial charge in [-0.3, -0.25) is 4.79 Å². The minimum absolute atomic E-state index is 0.0840. The van der Waals surface area contributed by atoms with Crippen molar-refractivity contribution in [3.8, 4) is 0 Å². The van der Waals surface area contributed by atoms with Crippen LogP contribution in [0.3, 0.4) is 0 Å². The number of rotatable bonds is 16. The first-order valence-electron chi connectivity index (χ1n) is 11.2. The van der Waals surface area contributed by atoms with Crippen LogP contribution in [0.1, 0.15) is 73.6 Å². The van der Waals surface area contributed by atoms with Crippen molar-refractivity contribution in [2.75, 3.05) is 11.5 Å². The Bertz CT molecular complexity index is 673. The Balaban J connectivity index is 4.40. The molecular weight excluding hydrogens is 404 g/mol. The molecule has 1 amide bonds. The SMILES string of the molecule is C=C(O)C(CSC/C=C(\C)CC/C=C(\C)CCC=C(C)C)NC(=C)C(CC)NC(C)=O. The van der Waals surface area contributed by atoms with Gasteiger partial charge in [0.1, 0.15) is 5.76 Å². The second-order valence-corrected chi connectivity index (χ2v) is 9.45. The smallest absolute Gasteiger partial charge is 0.217 e. The van der Waals surface area contributed by atoms with Gasteiger partial charge in [0.25, 0.3) is 0 Å².